The Balaban J connectivity index is 1.45. The molecule has 2 heterocycles. The molecule has 1 aliphatic rings. The van der Waals surface area contributed by atoms with Gasteiger partial charge in [0, 0.05) is 64.0 Å². The summed E-state index contributed by atoms with van der Waals surface area (Å²) in [5.74, 6) is 0.901. The Morgan fingerprint density at radius 1 is 1.17 bits per heavy atom. The monoisotopic (exact) mass is 398 g/mol. The summed E-state index contributed by atoms with van der Waals surface area (Å²) in [6.45, 7) is 9.01. The van der Waals surface area contributed by atoms with Crippen LogP contribution in [0.1, 0.15) is 25.1 Å². The van der Waals surface area contributed by atoms with E-state index in [9.17, 15) is 4.79 Å². The minimum atomic E-state index is -0.0314. The Morgan fingerprint density at radius 3 is 2.48 bits per heavy atom. The van der Waals surface area contributed by atoms with Crippen molar-refractivity contribution in [3.05, 3.63) is 47.9 Å². The molecule has 1 amide bonds. The molecular formula is C21H30N6O2. The molecule has 0 saturated carbocycles. The van der Waals surface area contributed by atoms with E-state index in [2.05, 4.69) is 30.6 Å². The number of aromatic nitrogens is 1. The normalized spacial score (nSPS) is 15.6. The molecule has 0 bridgehead atoms. The van der Waals surface area contributed by atoms with Gasteiger partial charge in [0.05, 0.1) is 5.69 Å². The fraction of sp³-hybridized carbons (Fsp3) is 0.476. The first kappa shape index (κ1) is 20.9. The molecule has 0 unspecified atom stereocenters. The van der Waals surface area contributed by atoms with E-state index >= 15 is 0 Å². The average Bonchev–Trinajstić information content (AvgIpc) is 3.23. The Bertz CT molecular complexity index is 793. The van der Waals surface area contributed by atoms with Gasteiger partial charge in [-0.1, -0.05) is 31.1 Å². The number of guanidine groups is 1. The van der Waals surface area contributed by atoms with E-state index in [-0.39, 0.29) is 11.8 Å². The van der Waals surface area contributed by atoms with E-state index in [4.69, 9.17) is 4.52 Å². The van der Waals surface area contributed by atoms with Crippen molar-refractivity contribution >= 4 is 17.6 Å². The maximum absolute atomic E-state index is 11.8. The second-order valence-electron chi connectivity index (χ2n) is 7.50. The van der Waals surface area contributed by atoms with Crippen LogP contribution in [0.3, 0.4) is 0 Å². The lowest BCUT2D eigenvalue weighted by atomic mass is 10.1. The highest BCUT2D eigenvalue weighted by atomic mass is 16.5. The molecule has 156 valence electrons. The summed E-state index contributed by atoms with van der Waals surface area (Å²) in [5, 5.41) is 10.3. The molecular weight excluding hydrogens is 368 g/mol. The molecule has 1 aliphatic heterocycles. The Morgan fingerprint density at radius 2 is 1.90 bits per heavy atom. The van der Waals surface area contributed by atoms with Gasteiger partial charge in [0.2, 0.25) is 5.91 Å². The van der Waals surface area contributed by atoms with Crippen LogP contribution < -0.4 is 10.6 Å². The molecule has 0 spiro atoms. The lowest BCUT2D eigenvalue weighted by Crippen LogP contribution is -2.52. The predicted molar refractivity (Wildman–Crippen MR) is 113 cm³/mol. The largest absolute Gasteiger partial charge is 0.364 e. The van der Waals surface area contributed by atoms with Crippen molar-refractivity contribution in [1.82, 2.24) is 20.3 Å². The molecule has 1 aromatic heterocycles. The summed E-state index contributed by atoms with van der Waals surface area (Å²) in [6, 6.07) is 9.82. The third-order valence-corrected chi connectivity index (χ3v) is 4.96. The van der Waals surface area contributed by atoms with Gasteiger partial charge in [-0.3, -0.25) is 14.7 Å². The van der Waals surface area contributed by atoms with Crippen LogP contribution in [-0.4, -0.2) is 60.0 Å². The Kier molecular flexibility index (Phi) is 7.24. The summed E-state index contributed by atoms with van der Waals surface area (Å²) >= 11 is 0. The number of hydrogen-bond donors (Lipinski definition) is 2. The number of nitrogens with one attached hydrogen (secondary N) is 2. The molecule has 2 aromatic rings. The summed E-state index contributed by atoms with van der Waals surface area (Å²) < 4.78 is 4.91. The fourth-order valence-electron chi connectivity index (χ4n) is 3.17. The maximum Gasteiger partial charge on any atom is 0.226 e. The zero-order chi connectivity index (χ0) is 20.6. The molecule has 0 radical (unpaired) electrons. The van der Waals surface area contributed by atoms with Crippen LogP contribution in [0.25, 0.3) is 0 Å². The smallest absolute Gasteiger partial charge is 0.226 e. The molecule has 0 aliphatic carbocycles. The highest BCUT2D eigenvalue weighted by Gasteiger charge is 2.20. The average molecular weight is 399 g/mol. The zero-order valence-electron chi connectivity index (χ0n) is 17.4. The van der Waals surface area contributed by atoms with Gasteiger partial charge >= 0.3 is 0 Å². The van der Waals surface area contributed by atoms with Crippen molar-refractivity contribution < 1.29 is 9.32 Å². The van der Waals surface area contributed by atoms with Crippen molar-refractivity contribution in [1.29, 1.82) is 0 Å². The number of benzene rings is 1. The van der Waals surface area contributed by atoms with E-state index in [0.29, 0.717) is 6.54 Å². The third-order valence-electron chi connectivity index (χ3n) is 4.96. The zero-order valence-corrected chi connectivity index (χ0v) is 17.4. The van der Waals surface area contributed by atoms with Crippen LogP contribution in [0, 0.1) is 5.92 Å². The first-order chi connectivity index (χ1) is 14.0. The van der Waals surface area contributed by atoms with Gasteiger partial charge in [-0.05, 0) is 17.7 Å². The Labute approximate surface area is 172 Å². The van der Waals surface area contributed by atoms with Crippen LogP contribution in [0.4, 0.5) is 5.69 Å². The summed E-state index contributed by atoms with van der Waals surface area (Å²) in [7, 11) is 1.81. The van der Waals surface area contributed by atoms with Gasteiger partial charge in [-0.25, -0.2) is 0 Å². The van der Waals surface area contributed by atoms with Crippen molar-refractivity contribution in [2.45, 2.75) is 26.9 Å². The number of nitrogens with zero attached hydrogens (tertiary/aromatic N) is 4. The van der Waals surface area contributed by atoms with Crippen LogP contribution in [-0.2, 0) is 17.9 Å². The predicted octanol–water partition coefficient (Wildman–Crippen LogP) is 2.16. The number of carbonyl (C=O) groups excluding carboxylic acids is 1. The highest BCUT2D eigenvalue weighted by molar-refractivity contribution is 5.92. The second kappa shape index (κ2) is 10.1. The number of anilines is 1. The molecule has 8 heteroatoms. The number of rotatable bonds is 6. The Hall–Kier alpha value is -2.87. The van der Waals surface area contributed by atoms with E-state index in [1.165, 1.54) is 0 Å². The number of amides is 1. The summed E-state index contributed by atoms with van der Waals surface area (Å²) in [6.07, 6.45) is 1.61. The first-order valence-electron chi connectivity index (χ1n) is 10.0. The van der Waals surface area contributed by atoms with Gasteiger partial charge in [-0.15, -0.1) is 0 Å². The molecule has 1 aromatic carbocycles. The summed E-state index contributed by atoms with van der Waals surface area (Å²) in [5.41, 5.74) is 2.92. The van der Waals surface area contributed by atoms with Crippen molar-refractivity contribution in [2.24, 2.45) is 10.9 Å². The number of carbonyl (C=O) groups is 1. The standard InChI is InChI=1S/C21H30N6O2/c1-16(2)20(28)24-18-6-4-17(5-7-18)14-23-21(22-3)27-11-9-26(10-12-27)15-19-8-13-29-25-19/h4-8,13,16H,9-12,14-15H2,1-3H3,(H,22,23)(H,24,28). The molecule has 29 heavy (non-hydrogen) atoms. The van der Waals surface area contributed by atoms with Crippen LogP contribution in [0.15, 0.2) is 46.1 Å². The van der Waals surface area contributed by atoms with E-state index in [1.54, 1.807) is 6.26 Å². The van der Waals surface area contributed by atoms with Gasteiger partial charge in [-0.2, -0.15) is 0 Å². The number of aliphatic imine (C=N–C) groups is 1. The molecule has 1 saturated heterocycles. The second-order valence-corrected chi connectivity index (χ2v) is 7.50. The van der Waals surface area contributed by atoms with E-state index in [1.807, 2.05) is 51.2 Å². The van der Waals surface area contributed by atoms with E-state index in [0.717, 1.165) is 55.6 Å². The van der Waals surface area contributed by atoms with E-state index < -0.39 is 0 Å². The lowest BCUT2D eigenvalue weighted by Gasteiger charge is -2.36. The number of piperazine rings is 1. The molecule has 8 nitrogen and oxygen atoms in total. The van der Waals surface area contributed by atoms with Gasteiger partial charge in [0.25, 0.3) is 0 Å². The van der Waals surface area contributed by atoms with Gasteiger partial charge in [0.1, 0.15) is 6.26 Å². The van der Waals surface area contributed by atoms with Gasteiger partial charge in [0.15, 0.2) is 5.96 Å². The van der Waals surface area contributed by atoms with Crippen LogP contribution >= 0.6 is 0 Å². The summed E-state index contributed by atoms with van der Waals surface area (Å²) in [4.78, 5) is 20.9. The molecule has 0 atom stereocenters. The topological polar surface area (TPSA) is 86.0 Å². The minimum Gasteiger partial charge on any atom is -0.364 e. The third kappa shape index (κ3) is 6.05. The van der Waals surface area contributed by atoms with Crippen molar-refractivity contribution in [3.8, 4) is 0 Å². The minimum absolute atomic E-state index is 0.0268. The highest BCUT2D eigenvalue weighted by Crippen LogP contribution is 2.12. The van der Waals surface area contributed by atoms with Crippen molar-refractivity contribution in [3.63, 3.8) is 0 Å². The van der Waals surface area contributed by atoms with Crippen LogP contribution in [0.5, 0.6) is 0 Å². The quantitative estimate of drug-likeness (QED) is 0.573. The number of hydrogen-bond acceptors (Lipinski definition) is 5. The molecule has 2 N–H and O–H groups in total. The first-order valence-corrected chi connectivity index (χ1v) is 10.0. The SMILES string of the molecule is CN=C(NCc1ccc(NC(=O)C(C)C)cc1)N1CCN(Cc2ccon2)CC1. The van der Waals surface area contributed by atoms with Crippen molar-refractivity contribution in [2.75, 3.05) is 38.5 Å². The lowest BCUT2D eigenvalue weighted by molar-refractivity contribution is -0.118. The fourth-order valence-corrected chi connectivity index (χ4v) is 3.17. The molecule has 3 rings (SSSR count). The van der Waals surface area contributed by atoms with Crippen LogP contribution in [0.2, 0.25) is 0 Å². The maximum atomic E-state index is 11.8. The van der Waals surface area contributed by atoms with Gasteiger partial charge < -0.3 is 20.1 Å². The molecule has 1 fully saturated rings.